The Hall–Kier alpha value is -3.64. The fourth-order valence-corrected chi connectivity index (χ4v) is 3.83. The number of hydrogen-bond donors (Lipinski definition) is 0. The SMILES string of the molecule is [c]1ccccc1-c1c(-c2ccccc2)ccc2ccc(-c3ccccc3)cc12. The van der Waals surface area contributed by atoms with Crippen molar-refractivity contribution in [3.63, 3.8) is 0 Å². The zero-order chi connectivity index (χ0) is 18.8. The molecule has 0 spiro atoms. The van der Waals surface area contributed by atoms with Crippen LogP contribution in [0.15, 0.2) is 115 Å². The van der Waals surface area contributed by atoms with Crippen LogP contribution in [0.3, 0.4) is 0 Å². The molecule has 0 aliphatic heterocycles. The fourth-order valence-electron chi connectivity index (χ4n) is 3.83. The van der Waals surface area contributed by atoms with Gasteiger partial charge in [0, 0.05) is 0 Å². The number of fused-ring (bicyclic) bond motifs is 1. The summed E-state index contributed by atoms with van der Waals surface area (Å²) in [5, 5.41) is 2.50. The zero-order valence-corrected chi connectivity index (χ0v) is 15.5. The molecule has 0 aliphatic carbocycles. The highest BCUT2D eigenvalue weighted by atomic mass is 14.2. The Morgan fingerprint density at radius 1 is 0.500 bits per heavy atom. The monoisotopic (exact) mass is 355 g/mol. The van der Waals surface area contributed by atoms with E-state index in [0.29, 0.717) is 0 Å². The van der Waals surface area contributed by atoms with E-state index < -0.39 is 0 Å². The first kappa shape index (κ1) is 16.5. The van der Waals surface area contributed by atoms with E-state index in [2.05, 4.69) is 109 Å². The summed E-state index contributed by atoms with van der Waals surface area (Å²) >= 11 is 0. The van der Waals surface area contributed by atoms with Crippen LogP contribution in [0.4, 0.5) is 0 Å². The summed E-state index contributed by atoms with van der Waals surface area (Å²) in [6, 6.07) is 44.0. The highest BCUT2D eigenvalue weighted by Gasteiger charge is 2.12. The Bertz CT molecular complexity index is 1220. The quantitative estimate of drug-likeness (QED) is 0.312. The molecule has 0 N–H and O–H groups in total. The molecular weight excluding hydrogens is 336 g/mol. The summed E-state index contributed by atoms with van der Waals surface area (Å²) in [6.45, 7) is 0. The maximum atomic E-state index is 3.45. The molecule has 0 fully saturated rings. The smallest absolute Gasteiger partial charge is 0.00204 e. The van der Waals surface area contributed by atoms with Gasteiger partial charge in [0.15, 0.2) is 0 Å². The maximum absolute atomic E-state index is 3.45. The fraction of sp³-hybridized carbons (Fsp3) is 0. The third kappa shape index (κ3) is 3.00. The largest absolute Gasteiger partial charge is 0.0622 e. The molecule has 0 amide bonds. The highest BCUT2D eigenvalue weighted by Crippen LogP contribution is 2.39. The average Bonchev–Trinajstić information content (AvgIpc) is 2.79. The van der Waals surface area contributed by atoms with Gasteiger partial charge in [-0.1, -0.05) is 109 Å². The first-order valence-electron chi connectivity index (χ1n) is 9.55. The Labute approximate surface area is 165 Å². The molecule has 1 radical (unpaired) electrons. The second kappa shape index (κ2) is 7.17. The summed E-state index contributed by atoms with van der Waals surface area (Å²) in [5.74, 6) is 0. The molecule has 5 aromatic carbocycles. The van der Waals surface area contributed by atoms with Crippen molar-refractivity contribution in [2.75, 3.05) is 0 Å². The van der Waals surface area contributed by atoms with Gasteiger partial charge in [-0.05, 0) is 56.3 Å². The minimum atomic E-state index is 1.12. The molecule has 0 atom stereocenters. The van der Waals surface area contributed by atoms with E-state index in [1.54, 1.807) is 0 Å². The van der Waals surface area contributed by atoms with Crippen molar-refractivity contribution >= 4 is 10.8 Å². The second-order valence-corrected chi connectivity index (χ2v) is 6.93. The van der Waals surface area contributed by atoms with Gasteiger partial charge in [0.2, 0.25) is 0 Å². The van der Waals surface area contributed by atoms with Crippen molar-refractivity contribution in [2.45, 2.75) is 0 Å². The number of rotatable bonds is 3. The van der Waals surface area contributed by atoms with Gasteiger partial charge in [0.1, 0.15) is 0 Å². The Morgan fingerprint density at radius 3 is 1.89 bits per heavy atom. The van der Waals surface area contributed by atoms with Crippen LogP contribution in [-0.4, -0.2) is 0 Å². The minimum absolute atomic E-state index is 1.12. The molecule has 0 saturated carbocycles. The third-order valence-corrected chi connectivity index (χ3v) is 5.19. The van der Waals surface area contributed by atoms with Crippen molar-refractivity contribution in [2.24, 2.45) is 0 Å². The lowest BCUT2D eigenvalue weighted by molar-refractivity contribution is 1.59. The molecule has 28 heavy (non-hydrogen) atoms. The molecule has 5 aromatic rings. The van der Waals surface area contributed by atoms with Gasteiger partial charge >= 0.3 is 0 Å². The van der Waals surface area contributed by atoms with Gasteiger partial charge in [0.25, 0.3) is 0 Å². The molecule has 0 nitrogen and oxygen atoms in total. The molecule has 5 rings (SSSR count). The van der Waals surface area contributed by atoms with Crippen molar-refractivity contribution in [3.8, 4) is 33.4 Å². The van der Waals surface area contributed by atoms with E-state index in [0.717, 1.165) is 5.56 Å². The van der Waals surface area contributed by atoms with E-state index in [1.165, 1.54) is 38.6 Å². The summed E-state index contributed by atoms with van der Waals surface area (Å²) in [4.78, 5) is 0. The standard InChI is InChI=1S/C28H19/c1-4-10-21(11-5-1)25-17-16-23-18-19-26(22-12-6-2-7-13-22)28(27(23)20-25)24-14-8-3-9-15-24/h1-14,16-20H. The van der Waals surface area contributed by atoms with Crippen LogP contribution >= 0.6 is 0 Å². The first-order valence-corrected chi connectivity index (χ1v) is 9.55. The van der Waals surface area contributed by atoms with Crippen LogP contribution in [0.5, 0.6) is 0 Å². The number of hydrogen-bond acceptors (Lipinski definition) is 0. The Morgan fingerprint density at radius 2 is 1.18 bits per heavy atom. The molecule has 0 aromatic heterocycles. The van der Waals surface area contributed by atoms with Crippen LogP contribution in [-0.2, 0) is 0 Å². The molecule has 131 valence electrons. The highest BCUT2D eigenvalue weighted by molar-refractivity contribution is 6.05. The number of benzene rings is 5. The predicted molar refractivity (Wildman–Crippen MR) is 119 cm³/mol. The second-order valence-electron chi connectivity index (χ2n) is 6.93. The molecule has 0 heteroatoms. The molecule has 0 bridgehead atoms. The first-order chi connectivity index (χ1) is 13.9. The Balaban J connectivity index is 1.83. The van der Waals surface area contributed by atoms with Crippen LogP contribution < -0.4 is 0 Å². The van der Waals surface area contributed by atoms with Crippen molar-refractivity contribution < 1.29 is 0 Å². The van der Waals surface area contributed by atoms with Crippen molar-refractivity contribution in [1.29, 1.82) is 0 Å². The molecule has 0 saturated heterocycles. The lowest BCUT2D eigenvalue weighted by Crippen LogP contribution is -1.89. The van der Waals surface area contributed by atoms with Gasteiger partial charge < -0.3 is 0 Å². The van der Waals surface area contributed by atoms with Crippen molar-refractivity contribution in [1.82, 2.24) is 0 Å². The van der Waals surface area contributed by atoms with Crippen LogP contribution in [0.1, 0.15) is 0 Å². The van der Waals surface area contributed by atoms with Crippen LogP contribution in [0.25, 0.3) is 44.2 Å². The van der Waals surface area contributed by atoms with Gasteiger partial charge in [-0.15, -0.1) is 0 Å². The van der Waals surface area contributed by atoms with Crippen molar-refractivity contribution in [3.05, 3.63) is 121 Å². The van der Waals surface area contributed by atoms with Crippen LogP contribution in [0.2, 0.25) is 0 Å². The van der Waals surface area contributed by atoms with Gasteiger partial charge in [0.05, 0.1) is 0 Å². The summed E-state index contributed by atoms with van der Waals surface area (Å²) < 4.78 is 0. The maximum Gasteiger partial charge on any atom is -0.00204 e. The van der Waals surface area contributed by atoms with Crippen LogP contribution in [0, 0.1) is 6.07 Å². The Kier molecular flexibility index (Phi) is 4.23. The van der Waals surface area contributed by atoms with E-state index >= 15 is 0 Å². The average molecular weight is 355 g/mol. The normalized spacial score (nSPS) is 10.9. The van der Waals surface area contributed by atoms with Gasteiger partial charge in [-0.25, -0.2) is 0 Å². The van der Waals surface area contributed by atoms with Gasteiger partial charge in [-0.3, -0.25) is 0 Å². The minimum Gasteiger partial charge on any atom is -0.0622 e. The molecular formula is C28H19. The van der Waals surface area contributed by atoms with Gasteiger partial charge in [-0.2, -0.15) is 0 Å². The van der Waals surface area contributed by atoms with E-state index in [9.17, 15) is 0 Å². The summed E-state index contributed by atoms with van der Waals surface area (Å²) in [6.07, 6.45) is 0. The van der Waals surface area contributed by atoms with E-state index in [-0.39, 0.29) is 0 Å². The third-order valence-electron chi connectivity index (χ3n) is 5.19. The molecule has 0 heterocycles. The molecule has 0 unspecified atom stereocenters. The topological polar surface area (TPSA) is 0 Å². The molecule has 0 aliphatic rings. The predicted octanol–water partition coefficient (Wildman–Crippen LogP) is 7.64. The zero-order valence-electron chi connectivity index (χ0n) is 15.5. The summed E-state index contributed by atoms with van der Waals surface area (Å²) in [5.41, 5.74) is 7.29. The van der Waals surface area contributed by atoms with E-state index in [1.807, 2.05) is 12.1 Å². The lowest BCUT2D eigenvalue weighted by Gasteiger charge is -2.15. The van der Waals surface area contributed by atoms with E-state index in [4.69, 9.17) is 0 Å². The summed E-state index contributed by atoms with van der Waals surface area (Å²) in [7, 11) is 0. The lowest BCUT2D eigenvalue weighted by atomic mass is 9.88.